The standard InChI is InChI=1S/C31H39N3O4S/c1-6-24(4)32-31(36)25(5)33(21-26-15-13-14-23(3)20-26)30(35)22-34(29-19-12-11-16-27(29)7-2)39(37,38)28-17-9-8-10-18-28/h8-20,24-25H,6-7,21-22H2,1-5H3,(H,32,36)/t24-,25+/m1/s1. The number of para-hydroxylation sites is 1. The van der Waals surface area contributed by atoms with Crippen LogP contribution in [0.2, 0.25) is 0 Å². The fraction of sp³-hybridized carbons (Fsp3) is 0.355. The molecule has 0 unspecified atom stereocenters. The number of nitrogens with zero attached hydrogens (tertiary/aromatic N) is 2. The first-order valence-electron chi connectivity index (χ1n) is 13.4. The average Bonchev–Trinajstić information content (AvgIpc) is 2.94. The Morgan fingerprint density at radius 1 is 0.897 bits per heavy atom. The van der Waals surface area contributed by atoms with E-state index < -0.39 is 28.5 Å². The number of sulfonamides is 1. The molecule has 8 heteroatoms. The summed E-state index contributed by atoms with van der Waals surface area (Å²) in [5.74, 6) is -0.745. The predicted molar refractivity (Wildman–Crippen MR) is 156 cm³/mol. The molecule has 208 valence electrons. The van der Waals surface area contributed by atoms with Gasteiger partial charge in [-0.25, -0.2) is 8.42 Å². The molecule has 2 amide bonds. The minimum atomic E-state index is -4.08. The number of hydrogen-bond acceptors (Lipinski definition) is 4. The summed E-state index contributed by atoms with van der Waals surface area (Å²) in [5.41, 5.74) is 3.14. The molecule has 2 atom stereocenters. The van der Waals surface area contributed by atoms with Crippen LogP contribution in [-0.2, 0) is 32.6 Å². The first-order valence-corrected chi connectivity index (χ1v) is 14.8. The Labute approximate surface area is 232 Å². The number of hydrogen-bond donors (Lipinski definition) is 1. The van der Waals surface area contributed by atoms with Gasteiger partial charge in [-0.2, -0.15) is 0 Å². The van der Waals surface area contributed by atoms with Crippen LogP contribution in [0.5, 0.6) is 0 Å². The fourth-order valence-corrected chi connectivity index (χ4v) is 5.81. The van der Waals surface area contributed by atoms with Gasteiger partial charge in [-0.1, -0.05) is 80.1 Å². The molecule has 0 aliphatic heterocycles. The molecule has 1 N–H and O–H groups in total. The maximum absolute atomic E-state index is 14.0. The van der Waals surface area contributed by atoms with Crippen molar-refractivity contribution in [1.82, 2.24) is 10.2 Å². The van der Waals surface area contributed by atoms with E-state index in [9.17, 15) is 18.0 Å². The molecule has 0 radical (unpaired) electrons. The number of nitrogens with one attached hydrogen (secondary N) is 1. The minimum absolute atomic E-state index is 0.0535. The van der Waals surface area contributed by atoms with Crippen molar-refractivity contribution in [3.63, 3.8) is 0 Å². The van der Waals surface area contributed by atoms with Gasteiger partial charge in [-0.3, -0.25) is 13.9 Å². The van der Waals surface area contributed by atoms with Crippen molar-refractivity contribution < 1.29 is 18.0 Å². The van der Waals surface area contributed by atoms with Gasteiger partial charge in [0.05, 0.1) is 10.6 Å². The van der Waals surface area contributed by atoms with E-state index in [0.29, 0.717) is 12.1 Å². The SMILES string of the molecule is CCc1ccccc1N(CC(=O)N(Cc1cccc(C)c1)[C@@H](C)C(=O)N[C@H](C)CC)S(=O)(=O)c1ccccc1. The van der Waals surface area contributed by atoms with E-state index in [0.717, 1.165) is 23.1 Å². The molecule has 7 nitrogen and oxygen atoms in total. The van der Waals surface area contributed by atoms with E-state index in [4.69, 9.17) is 0 Å². The van der Waals surface area contributed by atoms with E-state index in [2.05, 4.69) is 5.32 Å². The molecule has 3 aromatic carbocycles. The van der Waals surface area contributed by atoms with Gasteiger partial charge in [0.25, 0.3) is 10.0 Å². The van der Waals surface area contributed by atoms with E-state index in [1.165, 1.54) is 21.3 Å². The van der Waals surface area contributed by atoms with Crippen molar-refractivity contribution in [3.05, 3.63) is 95.6 Å². The smallest absolute Gasteiger partial charge is 0.264 e. The number of carbonyl (C=O) groups excluding carboxylic acids is 2. The molecule has 39 heavy (non-hydrogen) atoms. The molecule has 3 aromatic rings. The van der Waals surface area contributed by atoms with Crippen molar-refractivity contribution >= 4 is 27.5 Å². The van der Waals surface area contributed by atoms with E-state index in [1.54, 1.807) is 37.3 Å². The summed E-state index contributed by atoms with van der Waals surface area (Å²) >= 11 is 0. The highest BCUT2D eigenvalue weighted by atomic mass is 32.2. The third-order valence-corrected chi connectivity index (χ3v) is 8.63. The van der Waals surface area contributed by atoms with Crippen LogP contribution in [0.25, 0.3) is 0 Å². The summed E-state index contributed by atoms with van der Waals surface area (Å²) in [6, 6.07) is 22.2. The molecule has 0 fully saturated rings. The Bertz CT molecular complexity index is 1380. The average molecular weight is 550 g/mol. The van der Waals surface area contributed by atoms with Gasteiger partial charge in [0.2, 0.25) is 11.8 Å². The van der Waals surface area contributed by atoms with E-state index in [1.807, 2.05) is 64.1 Å². The summed E-state index contributed by atoms with van der Waals surface area (Å²) in [5, 5.41) is 2.96. The lowest BCUT2D eigenvalue weighted by Crippen LogP contribution is -2.52. The van der Waals surface area contributed by atoms with Crippen LogP contribution in [0.1, 0.15) is 50.8 Å². The van der Waals surface area contributed by atoms with Gasteiger partial charge in [-0.05, 0) is 62.9 Å². The van der Waals surface area contributed by atoms with Gasteiger partial charge in [0.1, 0.15) is 12.6 Å². The Kier molecular flexibility index (Phi) is 10.3. The fourth-order valence-electron chi connectivity index (χ4n) is 4.34. The number of carbonyl (C=O) groups is 2. The van der Waals surface area contributed by atoms with Crippen LogP contribution in [0, 0.1) is 6.92 Å². The largest absolute Gasteiger partial charge is 0.352 e. The molecule has 0 aromatic heterocycles. The second kappa shape index (κ2) is 13.4. The molecular weight excluding hydrogens is 510 g/mol. The van der Waals surface area contributed by atoms with Gasteiger partial charge in [0, 0.05) is 12.6 Å². The van der Waals surface area contributed by atoms with Crippen LogP contribution in [-0.4, -0.2) is 43.8 Å². The van der Waals surface area contributed by atoms with Gasteiger partial charge in [0.15, 0.2) is 0 Å². The van der Waals surface area contributed by atoms with Gasteiger partial charge in [-0.15, -0.1) is 0 Å². The maximum Gasteiger partial charge on any atom is 0.264 e. The molecule has 0 aliphatic carbocycles. The van der Waals surface area contributed by atoms with Crippen molar-refractivity contribution in [2.45, 2.75) is 71.0 Å². The third kappa shape index (κ3) is 7.47. The van der Waals surface area contributed by atoms with Crippen LogP contribution in [0.4, 0.5) is 5.69 Å². The molecule has 0 aliphatic rings. The molecule has 0 heterocycles. The quantitative estimate of drug-likeness (QED) is 0.341. The molecule has 0 bridgehead atoms. The summed E-state index contributed by atoms with van der Waals surface area (Å²) in [6.45, 7) is 9.20. The number of rotatable bonds is 12. The van der Waals surface area contributed by atoms with Gasteiger partial charge >= 0.3 is 0 Å². The first kappa shape index (κ1) is 29.9. The molecule has 0 saturated heterocycles. The van der Waals surface area contributed by atoms with Crippen molar-refractivity contribution in [3.8, 4) is 0 Å². The highest BCUT2D eigenvalue weighted by Crippen LogP contribution is 2.28. The first-order chi connectivity index (χ1) is 18.6. The molecular formula is C31H39N3O4S. The zero-order chi connectivity index (χ0) is 28.6. The summed E-state index contributed by atoms with van der Waals surface area (Å²) in [4.78, 5) is 28.7. The normalized spacial score (nSPS) is 12.8. The third-order valence-electron chi connectivity index (χ3n) is 6.86. The maximum atomic E-state index is 14.0. The second-order valence-electron chi connectivity index (χ2n) is 9.81. The van der Waals surface area contributed by atoms with E-state index in [-0.39, 0.29) is 23.4 Å². The monoisotopic (exact) mass is 549 g/mol. The number of anilines is 1. The lowest BCUT2D eigenvalue weighted by Gasteiger charge is -2.33. The van der Waals surface area contributed by atoms with Crippen LogP contribution in [0.3, 0.4) is 0 Å². The van der Waals surface area contributed by atoms with Gasteiger partial charge < -0.3 is 10.2 Å². The van der Waals surface area contributed by atoms with E-state index >= 15 is 0 Å². The van der Waals surface area contributed by atoms with Crippen LogP contribution < -0.4 is 9.62 Å². The Hall–Kier alpha value is -3.65. The topological polar surface area (TPSA) is 86.8 Å². The lowest BCUT2D eigenvalue weighted by atomic mass is 10.1. The zero-order valence-electron chi connectivity index (χ0n) is 23.4. The Morgan fingerprint density at radius 2 is 1.56 bits per heavy atom. The van der Waals surface area contributed by atoms with Crippen molar-refractivity contribution in [2.24, 2.45) is 0 Å². The molecule has 0 saturated carbocycles. The van der Waals surface area contributed by atoms with Crippen LogP contribution in [0.15, 0.2) is 83.8 Å². The molecule has 0 spiro atoms. The van der Waals surface area contributed by atoms with Crippen molar-refractivity contribution in [1.29, 1.82) is 0 Å². The molecule has 3 rings (SSSR count). The highest BCUT2D eigenvalue weighted by Gasteiger charge is 2.33. The second-order valence-corrected chi connectivity index (χ2v) is 11.7. The Balaban J connectivity index is 2.05. The summed E-state index contributed by atoms with van der Waals surface area (Å²) in [7, 11) is -4.08. The summed E-state index contributed by atoms with van der Waals surface area (Å²) in [6.07, 6.45) is 1.34. The summed E-state index contributed by atoms with van der Waals surface area (Å²) < 4.78 is 29.0. The lowest BCUT2D eigenvalue weighted by molar-refractivity contribution is -0.139. The number of aryl methyl sites for hydroxylation is 2. The minimum Gasteiger partial charge on any atom is -0.352 e. The van der Waals surface area contributed by atoms with Crippen molar-refractivity contribution in [2.75, 3.05) is 10.8 Å². The van der Waals surface area contributed by atoms with Crippen LogP contribution >= 0.6 is 0 Å². The highest BCUT2D eigenvalue weighted by molar-refractivity contribution is 7.92. The number of amides is 2. The predicted octanol–water partition coefficient (Wildman–Crippen LogP) is 5.08. The number of benzene rings is 3. The Morgan fingerprint density at radius 3 is 2.21 bits per heavy atom. The zero-order valence-corrected chi connectivity index (χ0v) is 24.2.